The number of rotatable bonds is 7. The number of aliphatic hydroxyl groups is 2. The average molecular weight is 966 g/mol. The molecule has 384 valence electrons. The van der Waals surface area contributed by atoms with Gasteiger partial charge in [-0.3, -0.25) is 19.2 Å². The number of allylic oxidation sites excluding steroid dienone is 6. The molecule has 15 atom stereocenters. The number of carbonyl (C=O) groups excluding carboxylic acids is 5. The summed E-state index contributed by atoms with van der Waals surface area (Å²) in [5.41, 5.74) is 1.20. The lowest BCUT2D eigenvalue weighted by molar-refractivity contribution is -0.265. The quantitative estimate of drug-likeness (QED) is 0.235. The lowest BCUT2D eigenvalue weighted by Crippen LogP contribution is -2.61. The minimum absolute atomic E-state index is 0.0197. The maximum atomic E-state index is 14.5. The lowest BCUT2D eigenvalue weighted by atomic mass is 9.77. The fraction of sp³-hybridized carbons (Fsp3) is 0.731. The number of cyclic esters (lactones) is 1. The molecule has 17 heteroatoms. The predicted molar refractivity (Wildman–Crippen MR) is 256 cm³/mol. The smallest absolute Gasteiger partial charge is 0.329 e. The van der Waals surface area contributed by atoms with Crippen molar-refractivity contribution in [3.8, 4) is 0 Å². The molecular formula is C52H79N5O12. The second-order valence-corrected chi connectivity index (χ2v) is 20.4. The number of hydrogen-bond acceptors (Lipinski definition) is 15. The fourth-order valence-electron chi connectivity index (χ4n) is 10.8. The number of tetrazole rings is 1. The predicted octanol–water partition coefficient (Wildman–Crippen LogP) is 6.05. The molecule has 1 saturated carbocycles. The van der Waals surface area contributed by atoms with Crippen LogP contribution in [-0.2, 0) is 47.7 Å². The Kier molecular flexibility index (Phi) is 20.8. The zero-order chi connectivity index (χ0) is 50.6. The highest BCUT2D eigenvalue weighted by molar-refractivity contribution is 6.39. The summed E-state index contributed by atoms with van der Waals surface area (Å²) in [6.07, 6.45) is 14.0. The maximum Gasteiger partial charge on any atom is 0.329 e. The maximum absolute atomic E-state index is 14.5. The molecule has 2 N–H and O–H groups in total. The number of Topliss-reactive ketones (excluding diaryl/α,β-unsaturated/α-hetero) is 3. The molecular weight excluding hydrogens is 887 g/mol. The number of aliphatic hydroxyl groups excluding tert-OH is 1. The number of ketones is 3. The minimum Gasteiger partial charge on any atom is -0.460 e. The average Bonchev–Trinajstić information content (AvgIpc) is 3.88. The van der Waals surface area contributed by atoms with Crippen molar-refractivity contribution in [2.75, 3.05) is 27.9 Å². The Morgan fingerprint density at radius 3 is 2.33 bits per heavy atom. The first-order chi connectivity index (χ1) is 32.8. The molecule has 3 aliphatic heterocycles. The lowest BCUT2D eigenvalue weighted by Gasteiger charge is -2.42. The van der Waals surface area contributed by atoms with Crippen LogP contribution in [0.1, 0.15) is 132 Å². The van der Waals surface area contributed by atoms with Gasteiger partial charge in [-0.2, -0.15) is 0 Å². The van der Waals surface area contributed by atoms with Gasteiger partial charge in [-0.1, -0.05) is 71.1 Å². The van der Waals surface area contributed by atoms with Crippen LogP contribution in [-0.4, -0.2) is 141 Å². The highest BCUT2D eigenvalue weighted by atomic mass is 16.6. The van der Waals surface area contributed by atoms with Gasteiger partial charge in [-0.25, -0.2) is 9.48 Å². The number of esters is 1. The van der Waals surface area contributed by atoms with Crippen molar-refractivity contribution in [1.29, 1.82) is 0 Å². The molecule has 3 fully saturated rings. The van der Waals surface area contributed by atoms with Crippen molar-refractivity contribution in [2.24, 2.45) is 35.5 Å². The molecule has 5 rings (SSSR count). The van der Waals surface area contributed by atoms with Crippen LogP contribution in [0.15, 0.2) is 53.9 Å². The van der Waals surface area contributed by atoms with Crippen molar-refractivity contribution in [2.45, 2.75) is 180 Å². The van der Waals surface area contributed by atoms with Crippen LogP contribution in [0.3, 0.4) is 0 Å². The van der Waals surface area contributed by atoms with Crippen molar-refractivity contribution >= 4 is 29.2 Å². The van der Waals surface area contributed by atoms with Gasteiger partial charge in [0, 0.05) is 58.5 Å². The largest absolute Gasteiger partial charge is 0.460 e. The zero-order valence-electron chi connectivity index (χ0n) is 42.5. The number of piperidine rings is 1. The van der Waals surface area contributed by atoms with Gasteiger partial charge in [0.05, 0.1) is 30.5 Å². The molecule has 2 bridgehead atoms. The highest BCUT2D eigenvalue weighted by Gasteiger charge is 2.53. The molecule has 0 aromatic carbocycles. The van der Waals surface area contributed by atoms with Crippen LogP contribution in [0.25, 0.3) is 0 Å². The molecule has 69 heavy (non-hydrogen) atoms. The van der Waals surface area contributed by atoms with E-state index in [2.05, 4.69) is 15.5 Å². The number of aromatic nitrogens is 4. The molecule has 4 aliphatic rings. The van der Waals surface area contributed by atoms with E-state index in [0.29, 0.717) is 56.9 Å². The van der Waals surface area contributed by atoms with E-state index in [1.807, 2.05) is 58.1 Å². The van der Waals surface area contributed by atoms with Gasteiger partial charge in [-0.15, -0.1) is 5.10 Å². The van der Waals surface area contributed by atoms with E-state index < -0.39 is 77.8 Å². The molecule has 7 unspecified atom stereocenters. The number of fused-ring (bicyclic) bond motifs is 3. The van der Waals surface area contributed by atoms with E-state index in [4.69, 9.17) is 23.7 Å². The highest BCUT2D eigenvalue weighted by Crippen LogP contribution is 2.39. The van der Waals surface area contributed by atoms with Crippen molar-refractivity contribution < 1.29 is 57.9 Å². The van der Waals surface area contributed by atoms with Crippen molar-refractivity contribution in [3.63, 3.8) is 0 Å². The van der Waals surface area contributed by atoms with Gasteiger partial charge in [0.15, 0.2) is 11.6 Å². The van der Waals surface area contributed by atoms with Gasteiger partial charge < -0.3 is 38.8 Å². The van der Waals surface area contributed by atoms with Crippen molar-refractivity contribution in [1.82, 2.24) is 25.1 Å². The van der Waals surface area contributed by atoms with E-state index in [1.165, 1.54) is 12.0 Å². The van der Waals surface area contributed by atoms with Gasteiger partial charge in [0.1, 0.15) is 24.6 Å². The number of hydrogen-bond donors (Lipinski definition) is 2. The van der Waals surface area contributed by atoms with Crippen LogP contribution in [0.4, 0.5) is 0 Å². The first kappa shape index (κ1) is 55.7. The van der Waals surface area contributed by atoms with E-state index in [0.717, 1.165) is 18.4 Å². The molecule has 0 spiro atoms. The Bertz CT molecular complexity index is 2020. The van der Waals surface area contributed by atoms with Gasteiger partial charge >= 0.3 is 5.97 Å². The Balaban J connectivity index is 1.46. The SMILES string of the molecule is COC1C(=O)C(C)C[C@H](C)C=CC=CC=C(C)[C@@H](OC)C[C@@H]2CC[C@@H](C)[C@@](O)(O2)C(=O)C(=O)N2CCCCC2C(=O)O[C@H](C(C)CC2CC[C@H](n3cnnn3)C(OC)C2)CC(=O)C(C)=CC(C)[C@H]1O. The number of ether oxygens (including phenoxy) is 5. The molecule has 2 saturated heterocycles. The summed E-state index contributed by atoms with van der Waals surface area (Å²) in [7, 11) is 4.63. The van der Waals surface area contributed by atoms with Crippen molar-refractivity contribution in [3.05, 3.63) is 53.9 Å². The van der Waals surface area contributed by atoms with E-state index >= 15 is 0 Å². The molecule has 17 nitrogen and oxygen atoms in total. The van der Waals surface area contributed by atoms with E-state index in [9.17, 15) is 34.2 Å². The minimum atomic E-state index is -2.43. The fourth-order valence-corrected chi connectivity index (χ4v) is 10.8. The summed E-state index contributed by atoms with van der Waals surface area (Å²) < 4.78 is 31.6. The van der Waals surface area contributed by atoms with E-state index in [1.54, 1.807) is 52.1 Å². The van der Waals surface area contributed by atoms with Gasteiger partial charge in [0.25, 0.3) is 11.7 Å². The van der Waals surface area contributed by atoms with Crippen LogP contribution in [0.5, 0.6) is 0 Å². The number of methoxy groups -OCH3 is 3. The number of nitrogens with zero attached hydrogens (tertiary/aromatic N) is 5. The topological polar surface area (TPSA) is 219 Å². The summed E-state index contributed by atoms with van der Waals surface area (Å²) in [5.74, 6) is -7.89. The third-order valence-corrected chi connectivity index (χ3v) is 15.2. The van der Waals surface area contributed by atoms with Gasteiger partial charge in [0.2, 0.25) is 5.79 Å². The molecule has 0 radical (unpaired) electrons. The second kappa shape index (κ2) is 25.7. The Labute approximate surface area is 408 Å². The third-order valence-electron chi connectivity index (χ3n) is 15.2. The molecule has 1 aliphatic carbocycles. The summed E-state index contributed by atoms with van der Waals surface area (Å²) in [6.45, 7) is 12.8. The summed E-state index contributed by atoms with van der Waals surface area (Å²) in [4.78, 5) is 72.3. The molecule has 1 aromatic rings. The monoisotopic (exact) mass is 966 g/mol. The summed E-state index contributed by atoms with van der Waals surface area (Å²) in [5, 5.41) is 35.2. The van der Waals surface area contributed by atoms with E-state index in [-0.39, 0.29) is 60.9 Å². The normalized spacial score (nSPS) is 36.3. The first-order valence-corrected chi connectivity index (χ1v) is 25.0. The first-order valence-electron chi connectivity index (χ1n) is 25.0. The Hall–Kier alpha value is -4.26. The third kappa shape index (κ3) is 14.2. The number of amides is 1. The zero-order valence-corrected chi connectivity index (χ0v) is 42.5. The number of carbonyl (C=O) groups is 5. The Morgan fingerprint density at radius 2 is 1.65 bits per heavy atom. The molecule has 1 aromatic heterocycles. The Morgan fingerprint density at radius 1 is 0.899 bits per heavy atom. The summed E-state index contributed by atoms with van der Waals surface area (Å²) in [6, 6.07) is -1.20. The van der Waals surface area contributed by atoms with Crippen LogP contribution in [0, 0.1) is 35.5 Å². The second-order valence-electron chi connectivity index (χ2n) is 20.4. The molecule has 1 amide bonds. The van der Waals surface area contributed by atoms with Gasteiger partial charge in [-0.05, 0) is 117 Å². The molecule has 4 heterocycles. The van der Waals surface area contributed by atoms with Crippen LogP contribution in [0.2, 0.25) is 0 Å². The van der Waals surface area contributed by atoms with Crippen LogP contribution >= 0.6 is 0 Å². The standard InChI is InChI=1S/C52H79N5O12/c1-31-16-12-11-13-17-32(2)43(65-8)28-39-21-19-37(7)52(64,69-39)49(61)50(62)56-23-15-14-18-41(56)51(63)68-44(34(4)26-38-20-22-40(45(27-38)66-9)57-30-53-54-55-57)29-42(58)33(3)25-36(6)47(60)48(67-10)46(59)35(5)24-31/h11-13,16-17,25,30-31,34-41,43-45,47-48,60,64H,14-15,18-24,26-29H2,1-10H3/t31-,34?,35?,36?,37-,38?,39+,40+,41?,43+,44+,45?,47-,48?,52-/m1/s1. The van der Waals surface area contributed by atoms with Crippen LogP contribution < -0.4 is 0 Å². The summed E-state index contributed by atoms with van der Waals surface area (Å²) >= 11 is 0.